The highest BCUT2D eigenvalue weighted by Crippen LogP contribution is 2.24. The van der Waals surface area contributed by atoms with Crippen LogP contribution >= 0.6 is 11.6 Å². The largest absolute Gasteiger partial charge is 0.323 e. The summed E-state index contributed by atoms with van der Waals surface area (Å²) in [5, 5.41) is 3.55. The number of nitrogens with zero attached hydrogens (tertiary/aromatic N) is 1. The van der Waals surface area contributed by atoms with E-state index in [2.05, 4.69) is 28.4 Å². The monoisotopic (exact) mass is 316 g/mol. The molecule has 0 spiro atoms. The van der Waals surface area contributed by atoms with Gasteiger partial charge in [-0.15, -0.1) is 0 Å². The van der Waals surface area contributed by atoms with Gasteiger partial charge in [-0.3, -0.25) is 9.69 Å². The maximum atomic E-state index is 12.6. The van der Waals surface area contributed by atoms with Gasteiger partial charge in [-0.25, -0.2) is 0 Å². The summed E-state index contributed by atoms with van der Waals surface area (Å²) in [6.45, 7) is 1.84. The Balaban J connectivity index is 1.65. The number of benzene rings is 1. The first-order chi connectivity index (χ1) is 10.7. The predicted molar refractivity (Wildman–Crippen MR) is 91.1 cm³/mol. The van der Waals surface area contributed by atoms with Crippen LogP contribution in [0.15, 0.2) is 48.1 Å². The van der Waals surface area contributed by atoms with Crippen molar-refractivity contribution in [2.75, 3.05) is 18.4 Å². The van der Waals surface area contributed by atoms with Crippen LogP contribution in [0.5, 0.6) is 0 Å². The minimum Gasteiger partial charge on any atom is -0.323 e. The number of para-hydroxylation sites is 1. The van der Waals surface area contributed by atoms with Gasteiger partial charge >= 0.3 is 0 Å². The lowest BCUT2D eigenvalue weighted by molar-refractivity contribution is -0.120. The number of allylic oxidation sites excluding steroid dienone is 2. The van der Waals surface area contributed by atoms with E-state index in [9.17, 15) is 4.79 Å². The molecule has 1 fully saturated rings. The highest BCUT2D eigenvalue weighted by atomic mass is 35.5. The Labute approximate surface area is 136 Å². The molecule has 1 N–H and O–H groups in total. The molecule has 1 unspecified atom stereocenters. The summed E-state index contributed by atoms with van der Waals surface area (Å²) >= 11 is 6.12. The molecular weight excluding hydrogens is 296 g/mol. The maximum absolute atomic E-state index is 12.6. The molecule has 4 heteroatoms. The van der Waals surface area contributed by atoms with Crippen molar-refractivity contribution in [3.05, 3.63) is 53.1 Å². The smallest absolute Gasteiger partial charge is 0.241 e. The van der Waals surface area contributed by atoms with E-state index < -0.39 is 0 Å². The first kappa shape index (κ1) is 15.3. The van der Waals surface area contributed by atoms with Crippen LogP contribution in [-0.4, -0.2) is 29.9 Å². The Morgan fingerprint density at radius 1 is 1.32 bits per heavy atom. The Kier molecular flexibility index (Phi) is 4.96. The summed E-state index contributed by atoms with van der Waals surface area (Å²) in [6.07, 6.45) is 10.9. The van der Waals surface area contributed by atoms with Crippen LogP contribution in [-0.2, 0) is 4.79 Å². The van der Waals surface area contributed by atoms with Gasteiger partial charge in [-0.1, -0.05) is 42.0 Å². The third kappa shape index (κ3) is 3.60. The zero-order chi connectivity index (χ0) is 15.4. The fraction of sp³-hybridized carbons (Fsp3) is 0.389. The van der Waals surface area contributed by atoms with Crippen molar-refractivity contribution in [1.29, 1.82) is 0 Å². The second kappa shape index (κ2) is 7.12. The van der Waals surface area contributed by atoms with E-state index in [1.54, 1.807) is 6.07 Å². The predicted octanol–water partition coefficient (Wildman–Crippen LogP) is 4.02. The number of halogens is 1. The van der Waals surface area contributed by atoms with Crippen molar-refractivity contribution < 1.29 is 4.79 Å². The second-order valence-electron chi connectivity index (χ2n) is 5.86. The Hall–Kier alpha value is -1.58. The number of hydrogen-bond acceptors (Lipinski definition) is 2. The van der Waals surface area contributed by atoms with Crippen LogP contribution in [0, 0.1) is 0 Å². The highest BCUT2D eigenvalue weighted by Gasteiger charge is 2.31. The molecule has 0 aromatic heterocycles. The molecule has 1 heterocycles. The topological polar surface area (TPSA) is 32.3 Å². The average molecular weight is 317 g/mol. The molecular formula is C18H21ClN2O. The van der Waals surface area contributed by atoms with E-state index in [0.29, 0.717) is 10.7 Å². The highest BCUT2D eigenvalue weighted by molar-refractivity contribution is 6.33. The summed E-state index contributed by atoms with van der Waals surface area (Å²) in [4.78, 5) is 14.8. The second-order valence-corrected chi connectivity index (χ2v) is 6.26. The standard InChI is InChI=1S/C18H21ClN2O/c19-15-9-4-5-10-16(15)20-18(22)17-11-6-12-21(17)13-14-7-2-1-3-8-14/h2,4-5,7-10,17H,1,3,6,11-13H2,(H,20,22). The number of carbonyl (C=O) groups excluding carboxylic acids is 1. The van der Waals surface area contributed by atoms with Crippen molar-refractivity contribution in [3.8, 4) is 0 Å². The molecule has 0 radical (unpaired) electrons. The number of likely N-dealkylation sites (tertiary alicyclic amines) is 1. The van der Waals surface area contributed by atoms with Gasteiger partial charge in [0.25, 0.3) is 0 Å². The minimum absolute atomic E-state index is 0.0472. The van der Waals surface area contributed by atoms with Crippen molar-refractivity contribution in [2.45, 2.75) is 31.7 Å². The van der Waals surface area contributed by atoms with Crippen LogP contribution in [0.25, 0.3) is 0 Å². The van der Waals surface area contributed by atoms with Gasteiger partial charge in [-0.05, 0) is 49.9 Å². The number of anilines is 1. The van der Waals surface area contributed by atoms with Gasteiger partial charge in [0.1, 0.15) is 0 Å². The van der Waals surface area contributed by atoms with Gasteiger partial charge < -0.3 is 5.32 Å². The average Bonchev–Trinajstić information content (AvgIpc) is 2.99. The number of rotatable bonds is 4. The molecule has 3 rings (SSSR count). The summed E-state index contributed by atoms with van der Waals surface area (Å²) in [5.74, 6) is 0.0472. The first-order valence-corrected chi connectivity index (χ1v) is 8.27. The number of nitrogens with one attached hydrogen (secondary N) is 1. The fourth-order valence-corrected chi connectivity index (χ4v) is 3.29. The quantitative estimate of drug-likeness (QED) is 0.910. The van der Waals surface area contributed by atoms with Crippen LogP contribution in [0.3, 0.4) is 0 Å². The molecule has 0 bridgehead atoms. The molecule has 3 nitrogen and oxygen atoms in total. The van der Waals surface area contributed by atoms with Gasteiger partial charge in [0, 0.05) is 6.54 Å². The summed E-state index contributed by atoms with van der Waals surface area (Å²) in [6, 6.07) is 7.31. The fourth-order valence-electron chi connectivity index (χ4n) is 3.11. The van der Waals surface area contributed by atoms with E-state index in [4.69, 9.17) is 11.6 Å². The Morgan fingerprint density at radius 2 is 2.18 bits per heavy atom. The molecule has 1 aliphatic heterocycles. The first-order valence-electron chi connectivity index (χ1n) is 7.89. The molecule has 1 amide bonds. The Bertz CT molecular complexity index is 609. The third-order valence-electron chi connectivity index (χ3n) is 4.26. The third-order valence-corrected chi connectivity index (χ3v) is 4.59. The van der Waals surface area contributed by atoms with Gasteiger partial charge in [0.15, 0.2) is 0 Å². The van der Waals surface area contributed by atoms with Crippen LogP contribution in [0.1, 0.15) is 25.7 Å². The molecule has 1 atom stereocenters. The zero-order valence-electron chi connectivity index (χ0n) is 12.6. The molecule has 1 saturated heterocycles. The molecule has 22 heavy (non-hydrogen) atoms. The van der Waals surface area contributed by atoms with E-state index in [0.717, 1.165) is 38.8 Å². The number of carbonyl (C=O) groups is 1. The molecule has 116 valence electrons. The van der Waals surface area contributed by atoms with Gasteiger partial charge in [-0.2, -0.15) is 0 Å². The summed E-state index contributed by atoms with van der Waals surface area (Å²) in [5.41, 5.74) is 2.02. The summed E-state index contributed by atoms with van der Waals surface area (Å²) in [7, 11) is 0. The lowest BCUT2D eigenvalue weighted by Gasteiger charge is -2.25. The molecule has 1 aromatic rings. The molecule has 0 saturated carbocycles. The van der Waals surface area contributed by atoms with Crippen LogP contribution in [0.2, 0.25) is 5.02 Å². The normalized spacial score (nSPS) is 21.7. The molecule has 2 aliphatic rings. The van der Waals surface area contributed by atoms with Gasteiger partial charge in [0.2, 0.25) is 5.91 Å². The van der Waals surface area contributed by atoms with Crippen molar-refractivity contribution in [2.24, 2.45) is 0 Å². The zero-order valence-corrected chi connectivity index (χ0v) is 13.4. The van der Waals surface area contributed by atoms with Crippen molar-refractivity contribution in [1.82, 2.24) is 4.90 Å². The van der Waals surface area contributed by atoms with E-state index in [1.807, 2.05) is 18.2 Å². The lowest BCUT2D eigenvalue weighted by atomic mass is 10.1. The molecule has 1 aromatic carbocycles. The van der Waals surface area contributed by atoms with E-state index in [1.165, 1.54) is 5.57 Å². The lowest BCUT2D eigenvalue weighted by Crippen LogP contribution is -2.40. The maximum Gasteiger partial charge on any atom is 0.241 e. The van der Waals surface area contributed by atoms with Crippen LogP contribution < -0.4 is 5.32 Å². The molecule has 1 aliphatic carbocycles. The number of hydrogen-bond donors (Lipinski definition) is 1. The van der Waals surface area contributed by atoms with E-state index >= 15 is 0 Å². The van der Waals surface area contributed by atoms with Gasteiger partial charge in [0.05, 0.1) is 16.8 Å². The Morgan fingerprint density at radius 3 is 2.95 bits per heavy atom. The van der Waals surface area contributed by atoms with Crippen molar-refractivity contribution in [3.63, 3.8) is 0 Å². The van der Waals surface area contributed by atoms with Crippen molar-refractivity contribution >= 4 is 23.2 Å². The summed E-state index contributed by atoms with van der Waals surface area (Å²) < 4.78 is 0. The van der Waals surface area contributed by atoms with E-state index in [-0.39, 0.29) is 11.9 Å². The SMILES string of the molecule is O=C(Nc1ccccc1Cl)C1CCCN1CC1=CCCC=C1. The van der Waals surface area contributed by atoms with Crippen LogP contribution in [0.4, 0.5) is 5.69 Å². The number of amides is 1. The minimum atomic E-state index is -0.0625.